The minimum Gasteiger partial charge on any atom is -0.468 e. The van der Waals surface area contributed by atoms with E-state index in [4.69, 9.17) is 0 Å². The van der Waals surface area contributed by atoms with E-state index in [1.807, 2.05) is 47.8 Å². The van der Waals surface area contributed by atoms with Gasteiger partial charge in [-0.15, -0.1) is 11.3 Å². The lowest BCUT2D eigenvalue weighted by molar-refractivity contribution is -0.139. The fourth-order valence-corrected chi connectivity index (χ4v) is 3.99. The molecule has 0 unspecified atom stereocenters. The molecule has 4 aromatic rings. The maximum Gasteiger partial charge on any atom is 0.325 e. The second-order valence-corrected chi connectivity index (χ2v) is 8.29. The summed E-state index contributed by atoms with van der Waals surface area (Å²) in [6, 6.07) is 20.1. The van der Waals surface area contributed by atoms with E-state index in [1.165, 1.54) is 18.4 Å². The van der Waals surface area contributed by atoms with Crippen molar-refractivity contribution in [1.29, 1.82) is 0 Å². The van der Waals surface area contributed by atoms with E-state index in [2.05, 4.69) is 20.5 Å². The second-order valence-electron chi connectivity index (χ2n) is 7.34. The summed E-state index contributed by atoms with van der Waals surface area (Å²) in [4.78, 5) is 37.3. The average Bonchev–Trinajstić information content (AvgIpc) is 3.53. The molecule has 0 aliphatic rings. The van der Waals surface area contributed by atoms with E-state index in [-0.39, 0.29) is 12.5 Å². The van der Waals surface area contributed by atoms with Gasteiger partial charge >= 0.3 is 5.97 Å². The van der Waals surface area contributed by atoms with E-state index in [0.717, 1.165) is 10.4 Å². The molecule has 2 heterocycles. The molecule has 0 fully saturated rings. The van der Waals surface area contributed by atoms with Gasteiger partial charge in [-0.1, -0.05) is 36.4 Å². The Labute approximate surface area is 200 Å². The number of hydrogen-bond donors (Lipinski definition) is 2. The molecule has 0 radical (unpaired) electrons. The number of hydrogen-bond acceptors (Lipinski definition) is 6. The van der Waals surface area contributed by atoms with Crippen LogP contribution < -0.4 is 10.6 Å². The number of methoxy groups -OCH3 is 1. The Morgan fingerprint density at radius 3 is 2.41 bits per heavy atom. The summed E-state index contributed by atoms with van der Waals surface area (Å²) in [6.07, 6.45) is 1.74. The molecule has 8 nitrogen and oxygen atoms in total. The molecule has 0 atom stereocenters. The Bertz CT molecular complexity index is 1280. The quantitative estimate of drug-likeness (QED) is 0.378. The third kappa shape index (κ3) is 5.57. The third-order valence-corrected chi connectivity index (χ3v) is 5.85. The summed E-state index contributed by atoms with van der Waals surface area (Å²) in [5.74, 6) is -1.25. The number of carbonyl (C=O) groups is 3. The van der Waals surface area contributed by atoms with Gasteiger partial charge in [0.25, 0.3) is 11.8 Å². The van der Waals surface area contributed by atoms with E-state index >= 15 is 0 Å². The molecule has 9 heteroatoms. The number of nitrogens with one attached hydrogen (secondary N) is 2. The summed E-state index contributed by atoms with van der Waals surface area (Å²) < 4.78 is 6.26. The number of carbonyl (C=O) groups excluding carboxylic acids is 3. The van der Waals surface area contributed by atoms with Gasteiger partial charge < -0.3 is 15.4 Å². The first-order valence-electron chi connectivity index (χ1n) is 10.4. The number of esters is 1. The molecule has 2 N–H and O–H groups in total. The van der Waals surface area contributed by atoms with Crippen LogP contribution in [0.3, 0.4) is 0 Å². The molecule has 2 aromatic carbocycles. The van der Waals surface area contributed by atoms with Crippen LogP contribution in [0.5, 0.6) is 0 Å². The lowest BCUT2D eigenvalue weighted by atomic mass is 10.1. The zero-order valence-corrected chi connectivity index (χ0v) is 19.2. The highest BCUT2D eigenvalue weighted by atomic mass is 32.1. The smallest absolute Gasteiger partial charge is 0.325 e. The number of amides is 2. The van der Waals surface area contributed by atoms with Crippen LogP contribution in [0.4, 0.5) is 5.69 Å². The molecule has 172 valence electrons. The van der Waals surface area contributed by atoms with Crippen LogP contribution in [0.25, 0.3) is 10.6 Å². The molecule has 34 heavy (non-hydrogen) atoms. The van der Waals surface area contributed by atoms with Crippen molar-refractivity contribution in [2.45, 2.75) is 6.54 Å². The van der Waals surface area contributed by atoms with Crippen LogP contribution in [-0.2, 0) is 16.1 Å². The highest BCUT2D eigenvalue weighted by molar-refractivity contribution is 7.13. The number of benzene rings is 2. The van der Waals surface area contributed by atoms with Gasteiger partial charge in [-0.3, -0.25) is 19.1 Å². The number of rotatable bonds is 8. The molecule has 2 aromatic heterocycles. The van der Waals surface area contributed by atoms with Crippen molar-refractivity contribution < 1.29 is 19.1 Å². The number of aromatic nitrogens is 2. The summed E-state index contributed by atoms with van der Waals surface area (Å²) >= 11 is 1.51. The van der Waals surface area contributed by atoms with Crippen LogP contribution in [0.1, 0.15) is 26.3 Å². The molecule has 0 aliphatic carbocycles. The van der Waals surface area contributed by atoms with E-state index < -0.39 is 11.9 Å². The van der Waals surface area contributed by atoms with Gasteiger partial charge in [0.1, 0.15) is 12.2 Å². The molecule has 2 amide bonds. The molecule has 0 spiro atoms. The highest BCUT2D eigenvalue weighted by Crippen LogP contribution is 2.27. The van der Waals surface area contributed by atoms with Crippen molar-refractivity contribution in [3.8, 4) is 10.6 Å². The van der Waals surface area contributed by atoms with Crippen molar-refractivity contribution >= 4 is 34.8 Å². The van der Waals surface area contributed by atoms with Crippen molar-refractivity contribution in [2.75, 3.05) is 19.0 Å². The zero-order chi connectivity index (χ0) is 23.9. The summed E-state index contributed by atoms with van der Waals surface area (Å²) in [5, 5.41) is 11.9. The average molecular weight is 475 g/mol. The van der Waals surface area contributed by atoms with Crippen molar-refractivity contribution in [1.82, 2.24) is 15.1 Å². The highest BCUT2D eigenvalue weighted by Gasteiger charge is 2.19. The van der Waals surface area contributed by atoms with Crippen LogP contribution in [0, 0.1) is 0 Å². The first kappa shape index (κ1) is 22.9. The second kappa shape index (κ2) is 10.6. The molecule has 0 bridgehead atoms. The molecular formula is C25H22N4O4S. The van der Waals surface area contributed by atoms with Gasteiger partial charge in [0.2, 0.25) is 0 Å². The maximum atomic E-state index is 13.1. The summed E-state index contributed by atoms with van der Waals surface area (Å²) in [5.41, 5.74) is 3.04. The Balaban J connectivity index is 1.50. The number of anilines is 1. The van der Waals surface area contributed by atoms with Gasteiger partial charge in [0.05, 0.1) is 24.1 Å². The van der Waals surface area contributed by atoms with Gasteiger partial charge in [-0.05, 0) is 41.3 Å². The van der Waals surface area contributed by atoms with Crippen LogP contribution in [0.15, 0.2) is 78.3 Å². The fourth-order valence-electron chi connectivity index (χ4n) is 3.26. The van der Waals surface area contributed by atoms with E-state index in [9.17, 15) is 14.4 Å². The van der Waals surface area contributed by atoms with Crippen molar-refractivity contribution in [3.63, 3.8) is 0 Å². The normalized spacial score (nSPS) is 10.5. The summed E-state index contributed by atoms with van der Waals surface area (Å²) in [6.45, 7) is 0.328. The fraction of sp³-hybridized carbons (Fsp3) is 0.120. The Morgan fingerprint density at radius 1 is 0.971 bits per heavy atom. The van der Waals surface area contributed by atoms with E-state index in [1.54, 1.807) is 35.1 Å². The topological polar surface area (TPSA) is 102 Å². The molecule has 0 saturated carbocycles. The third-order valence-electron chi connectivity index (χ3n) is 4.97. The standard InChI is InChI=1S/C25H22N4O4S/c1-33-22(30)14-26-24(31)18-9-11-19(12-10-18)27-25(32)20-16-29(15-17-6-3-2-4-7-17)28-23(20)21-8-5-13-34-21/h2-13,16H,14-15H2,1H3,(H,26,31)(H,27,32). The Morgan fingerprint density at radius 2 is 1.74 bits per heavy atom. The first-order valence-corrected chi connectivity index (χ1v) is 11.3. The number of thiophene rings is 1. The predicted molar refractivity (Wildman–Crippen MR) is 130 cm³/mol. The lowest BCUT2D eigenvalue weighted by Crippen LogP contribution is -2.30. The van der Waals surface area contributed by atoms with Crippen LogP contribution >= 0.6 is 11.3 Å². The molecular weight excluding hydrogens is 452 g/mol. The van der Waals surface area contributed by atoms with Crippen LogP contribution in [0.2, 0.25) is 0 Å². The Kier molecular flexibility index (Phi) is 7.14. The number of nitrogens with zero attached hydrogens (tertiary/aromatic N) is 2. The minimum atomic E-state index is -0.536. The van der Waals surface area contributed by atoms with Gasteiger partial charge in [0, 0.05) is 17.4 Å². The largest absolute Gasteiger partial charge is 0.468 e. The maximum absolute atomic E-state index is 13.1. The predicted octanol–water partition coefficient (Wildman–Crippen LogP) is 3.82. The SMILES string of the molecule is COC(=O)CNC(=O)c1ccc(NC(=O)c2cn(Cc3ccccc3)nc2-c2cccs2)cc1. The lowest BCUT2D eigenvalue weighted by Gasteiger charge is -2.07. The van der Waals surface area contributed by atoms with Gasteiger partial charge in [0.15, 0.2) is 0 Å². The zero-order valence-electron chi connectivity index (χ0n) is 18.4. The summed E-state index contributed by atoms with van der Waals surface area (Å²) in [7, 11) is 1.25. The Hall–Kier alpha value is -4.24. The van der Waals surface area contributed by atoms with Crippen molar-refractivity contribution in [3.05, 3.63) is 95.0 Å². The van der Waals surface area contributed by atoms with Gasteiger partial charge in [-0.25, -0.2) is 0 Å². The van der Waals surface area contributed by atoms with Crippen LogP contribution in [-0.4, -0.2) is 41.2 Å². The number of ether oxygens (including phenoxy) is 1. The minimum absolute atomic E-state index is 0.216. The first-order chi connectivity index (χ1) is 16.5. The van der Waals surface area contributed by atoms with Crippen molar-refractivity contribution in [2.24, 2.45) is 0 Å². The molecule has 0 aliphatic heterocycles. The van der Waals surface area contributed by atoms with E-state index in [0.29, 0.717) is 29.1 Å². The van der Waals surface area contributed by atoms with Gasteiger partial charge in [-0.2, -0.15) is 5.10 Å². The monoisotopic (exact) mass is 474 g/mol. The molecule has 0 saturated heterocycles. The molecule has 4 rings (SSSR count).